The van der Waals surface area contributed by atoms with Crippen LogP contribution in [-0.2, 0) is 21.6 Å². The molecule has 2 aromatic rings. The number of carbonyl (C=O) groups excluding carboxylic acids is 2. The molecule has 1 amide bonds. The largest absolute Gasteiger partial charge is 0.460 e. The minimum atomic E-state index is -1.10. The zero-order valence-corrected chi connectivity index (χ0v) is 16.0. The van der Waals surface area contributed by atoms with Gasteiger partial charge in [-0.25, -0.2) is 4.98 Å². The monoisotopic (exact) mass is 358 g/mol. The summed E-state index contributed by atoms with van der Waals surface area (Å²) in [5, 5.41) is 2.80. The minimum absolute atomic E-state index is 0.0389. The third-order valence-electron chi connectivity index (χ3n) is 3.77. The Balaban J connectivity index is 2.01. The highest BCUT2D eigenvalue weighted by Crippen LogP contribution is 2.25. The van der Waals surface area contributed by atoms with E-state index in [4.69, 9.17) is 9.15 Å². The van der Waals surface area contributed by atoms with Gasteiger partial charge >= 0.3 is 5.97 Å². The molecule has 0 aliphatic rings. The second-order valence-corrected chi connectivity index (χ2v) is 7.97. The quantitative estimate of drug-likeness (QED) is 0.800. The lowest BCUT2D eigenvalue weighted by Crippen LogP contribution is -2.33. The van der Waals surface area contributed by atoms with Gasteiger partial charge in [-0.15, -0.1) is 0 Å². The Labute approximate surface area is 154 Å². The summed E-state index contributed by atoms with van der Waals surface area (Å²) in [7, 11) is 0. The van der Waals surface area contributed by atoms with E-state index in [1.54, 1.807) is 13.8 Å². The van der Waals surface area contributed by atoms with E-state index in [1.165, 1.54) is 6.26 Å². The Hall–Kier alpha value is -2.63. The van der Waals surface area contributed by atoms with Crippen LogP contribution < -0.4 is 5.32 Å². The smallest absolute Gasteiger partial charge is 0.321 e. The lowest BCUT2D eigenvalue weighted by Gasteiger charge is -2.19. The number of oxazole rings is 1. The van der Waals surface area contributed by atoms with Crippen molar-refractivity contribution in [1.82, 2.24) is 10.3 Å². The van der Waals surface area contributed by atoms with E-state index < -0.39 is 11.4 Å². The molecule has 0 spiro atoms. The number of ether oxygens (including phenoxy) is 1. The second-order valence-electron chi connectivity index (χ2n) is 7.97. The Morgan fingerprint density at radius 1 is 1.12 bits per heavy atom. The van der Waals surface area contributed by atoms with Crippen LogP contribution in [0.15, 0.2) is 41.0 Å². The Bertz CT molecular complexity index is 758. The Morgan fingerprint density at radius 3 is 2.38 bits per heavy atom. The van der Waals surface area contributed by atoms with Crippen molar-refractivity contribution in [3.8, 4) is 0 Å². The van der Waals surface area contributed by atoms with Gasteiger partial charge in [0.2, 0.25) is 5.89 Å². The van der Waals surface area contributed by atoms with Crippen molar-refractivity contribution < 1.29 is 18.7 Å². The second kappa shape index (κ2) is 7.72. The van der Waals surface area contributed by atoms with Crippen molar-refractivity contribution in [2.45, 2.75) is 46.6 Å². The summed E-state index contributed by atoms with van der Waals surface area (Å²) in [6.45, 7) is 10.1. The van der Waals surface area contributed by atoms with Gasteiger partial charge in [-0.3, -0.25) is 9.59 Å². The molecule has 0 radical (unpaired) electrons. The van der Waals surface area contributed by atoms with Gasteiger partial charge in [0.1, 0.15) is 18.3 Å². The van der Waals surface area contributed by atoms with Crippen molar-refractivity contribution in [1.29, 1.82) is 0 Å². The number of nitrogens with one attached hydrogen (secondary N) is 1. The molecule has 0 saturated heterocycles. The predicted molar refractivity (Wildman–Crippen MR) is 97.6 cm³/mol. The molecule has 0 fully saturated rings. The number of hydrogen-bond donors (Lipinski definition) is 1. The summed E-state index contributed by atoms with van der Waals surface area (Å²) in [6, 6.07) is 9.41. The van der Waals surface area contributed by atoms with Gasteiger partial charge < -0.3 is 14.5 Å². The number of aromatic nitrogens is 1. The summed E-state index contributed by atoms with van der Waals surface area (Å²) in [4.78, 5) is 28.8. The Kier molecular flexibility index (Phi) is 5.85. The molecular weight excluding hydrogens is 332 g/mol. The van der Waals surface area contributed by atoms with Crippen LogP contribution >= 0.6 is 0 Å². The van der Waals surface area contributed by atoms with Crippen LogP contribution in [0.1, 0.15) is 56.6 Å². The van der Waals surface area contributed by atoms with Crippen molar-refractivity contribution in [2.24, 2.45) is 5.41 Å². The number of amides is 1. The van der Waals surface area contributed by atoms with E-state index in [9.17, 15) is 9.59 Å². The van der Waals surface area contributed by atoms with E-state index >= 15 is 0 Å². The number of esters is 1. The maximum Gasteiger partial charge on any atom is 0.321 e. The maximum atomic E-state index is 12.5. The fraction of sp³-hybridized carbons (Fsp3) is 0.450. The average molecular weight is 358 g/mol. The standard InChI is InChI=1S/C20H26N2O4/c1-19(2,3)13-21-16(23)15-12-25-17(22-15)20(4,5)18(24)26-11-14-9-7-6-8-10-14/h6-10,12H,11,13H2,1-5H3,(H,21,23). The van der Waals surface area contributed by atoms with E-state index in [0.29, 0.717) is 6.54 Å². The van der Waals surface area contributed by atoms with Crippen LogP contribution in [0.25, 0.3) is 0 Å². The van der Waals surface area contributed by atoms with Gasteiger partial charge in [0.15, 0.2) is 5.69 Å². The van der Waals surface area contributed by atoms with Crippen molar-refractivity contribution in [2.75, 3.05) is 6.54 Å². The van der Waals surface area contributed by atoms with E-state index in [1.807, 2.05) is 51.1 Å². The first-order valence-corrected chi connectivity index (χ1v) is 8.55. The highest BCUT2D eigenvalue weighted by Gasteiger charge is 2.37. The SMILES string of the molecule is CC(C)(C)CNC(=O)c1coc(C(C)(C)C(=O)OCc2ccccc2)n1. The Morgan fingerprint density at radius 2 is 1.77 bits per heavy atom. The molecule has 26 heavy (non-hydrogen) atoms. The molecule has 0 saturated carbocycles. The molecule has 0 atom stereocenters. The number of hydrogen-bond acceptors (Lipinski definition) is 5. The molecule has 0 unspecified atom stereocenters. The van der Waals surface area contributed by atoms with Gasteiger partial charge in [0.05, 0.1) is 0 Å². The molecule has 1 aromatic heterocycles. The lowest BCUT2D eigenvalue weighted by molar-refractivity contribution is -0.151. The van der Waals surface area contributed by atoms with Gasteiger partial charge in [-0.2, -0.15) is 0 Å². The van der Waals surface area contributed by atoms with Crippen LogP contribution in [0.4, 0.5) is 0 Å². The van der Waals surface area contributed by atoms with Gasteiger partial charge in [-0.05, 0) is 24.8 Å². The molecule has 0 bridgehead atoms. The number of benzene rings is 1. The molecule has 140 valence electrons. The molecule has 1 heterocycles. The summed E-state index contributed by atoms with van der Waals surface area (Å²) in [5.41, 5.74) is -0.0976. The zero-order chi connectivity index (χ0) is 19.4. The van der Waals surface area contributed by atoms with Crippen LogP contribution in [0, 0.1) is 5.41 Å². The van der Waals surface area contributed by atoms with Gasteiger partial charge in [0, 0.05) is 6.54 Å². The zero-order valence-electron chi connectivity index (χ0n) is 16.0. The normalized spacial score (nSPS) is 11.9. The highest BCUT2D eigenvalue weighted by molar-refractivity contribution is 5.92. The van der Waals surface area contributed by atoms with Crippen LogP contribution in [0.3, 0.4) is 0 Å². The fourth-order valence-electron chi connectivity index (χ4n) is 2.09. The van der Waals surface area contributed by atoms with Crippen molar-refractivity contribution in [3.63, 3.8) is 0 Å². The molecule has 0 aliphatic carbocycles. The maximum absolute atomic E-state index is 12.5. The minimum Gasteiger partial charge on any atom is -0.460 e. The highest BCUT2D eigenvalue weighted by atomic mass is 16.5. The van der Waals surface area contributed by atoms with Crippen LogP contribution in [0.2, 0.25) is 0 Å². The van der Waals surface area contributed by atoms with E-state index in [-0.39, 0.29) is 29.5 Å². The molecular formula is C20H26N2O4. The summed E-state index contributed by atoms with van der Waals surface area (Å²) >= 11 is 0. The lowest BCUT2D eigenvalue weighted by atomic mass is 9.93. The number of rotatable bonds is 6. The topological polar surface area (TPSA) is 81.4 Å². The first-order valence-electron chi connectivity index (χ1n) is 8.55. The molecule has 1 N–H and O–H groups in total. The van der Waals surface area contributed by atoms with Gasteiger partial charge in [-0.1, -0.05) is 51.1 Å². The van der Waals surface area contributed by atoms with Crippen molar-refractivity contribution in [3.05, 3.63) is 53.7 Å². The average Bonchev–Trinajstić information content (AvgIpc) is 3.08. The molecule has 1 aromatic carbocycles. The predicted octanol–water partition coefficient (Wildman–Crippen LogP) is 3.47. The summed E-state index contributed by atoms with van der Waals surface area (Å²) in [6.07, 6.45) is 1.26. The van der Waals surface area contributed by atoms with Crippen LogP contribution in [0.5, 0.6) is 0 Å². The van der Waals surface area contributed by atoms with Crippen molar-refractivity contribution >= 4 is 11.9 Å². The van der Waals surface area contributed by atoms with E-state index in [0.717, 1.165) is 5.56 Å². The molecule has 2 rings (SSSR count). The fourth-order valence-corrected chi connectivity index (χ4v) is 2.09. The first-order chi connectivity index (χ1) is 12.1. The number of carbonyl (C=O) groups is 2. The van der Waals surface area contributed by atoms with Gasteiger partial charge in [0.25, 0.3) is 5.91 Å². The first kappa shape index (κ1) is 19.7. The number of nitrogens with zero attached hydrogens (tertiary/aromatic N) is 1. The summed E-state index contributed by atoms with van der Waals surface area (Å²) < 4.78 is 10.8. The van der Waals surface area contributed by atoms with E-state index in [2.05, 4.69) is 10.3 Å². The summed E-state index contributed by atoms with van der Waals surface area (Å²) in [5.74, 6) is -0.648. The van der Waals surface area contributed by atoms with Crippen LogP contribution in [-0.4, -0.2) is 23.4 Å². The third-order valence-corrected chi connectivity index (χ3v) is 3.77. The molecule has 0 aliphatic heterocycles. The molecule has 6 nitrogen and oxygen atoms in total. The third kappa shape index (κ3) is 5.18. The molecule has 6 heteroatoms.